The summed E-state index contributed by atoms with van der Waals surface area (Å²) in [5, 5.41) is 32.3. The van der Waals surface area contributed by atoms with Gasteiger partial charge in [-0.05, 0) is 85.5 Å². The Hall–Kier alpha value is -3.68. The van der Waals surface area contributed by atoms with Crippen molar-refractivity contribution in [3.63, 3.8) is 0 Å². The van der Waals surface area contributed by atoms with Crippen LogP contribution >= 0.6 is 31.9 Å². The van der Waals surface area contributed by atoms with E-state index < -0.39 is 10.8 Å². The smallest absolute Gasteiger partial charge is 0.269 e. The van der Waals surface area contributed by atoms with Crippen LogP contribution in [0, 0.1) is 21.4 Å². The van der Waals surface area contributed by atoms with E-state index in [-0.39, 0.29) is 23.6 Å². The van der Waals surface area contributed by atoms with Gasteiger partial charge in [-0.2, -0.15) is 5.26 Å². The number of nitrogens with zero attached hydrogens (tertiary/aromatic N) is 2. The molecule has 8 nitrogen and oxygen atoms in total. The lowest BCUT2D eigenvalue weighted by atomic mass is 10.1. The number of non-ortho nitro benzene ring substituents is 1. The molecule has 0 spiro atoms. The fourth-order valence-electron chi connectivity index (χ4n) is 2.77. The molecule has 0 atom stereocenters. The Morgan fingerprint density at radius 2 is 1.82 bits per heavy atom. The van der Waals surface area contributed by atoms with E-state index in [0.717, 1.165) is 0 Å². The lowest BCUT2D eigenvalue weighted by Crippen LogP contribution is -2.13. The maximum absolute atomic E-state index is 12.4. The van der Waals surface area contributed by atoms with Gasteiger partial charge in [-0.1, -0.05) is 12.1 Å². The number of hydrogen-bond acceptors (Lipinski definition) is 6. The number of ether oxygens (including phenoxy) is 1. The van der Waals surface area contributed by atoms with Crippen LogP contribution in [0.4, 0.5) is 11.4 Å². The predicted octanol–water partition coefficient (Wildman–Crippen LogP) is 5.95. The minimum absolute atomic E-state index is 0.0238. The summed E-state index contributed by atoms with van der Waals surface area (Å²) in [5.41, 5.74) is 1.49. The Morgan fingerprint density at radius 1 is 1.15 bits per heavy atom. The molecule has 0 saturated heterocycles. The minimum Gasteiger partial charge on any atom is -0.508 e. The Labute approximate surface area is 205 Å². The molecular weight excluding hydrogens is 558 g/mol. The molecule has 0 bridgehead atoms. The first-order valence-corrected chi connectivity index (χ1v) is 10.9. The van der Waals surface area contributed by atoms with E-state index in [2.05, 4.69) is 37.2 Å². The highest BCUT2D eigenvalue weighted by molar-refractivity contribution is 9.11. The number of halogens is 2. The number of phenolic OH excluding ortho intramolecular Hbond substituents is 1. The first-order chi connectivity index (χ1) is 15.8. The number of aromatic hydroxyl groups is 1. The van der Waals surface area contributed by atoms with E-state index in [1.807, 2.05) is 6.07 Å². The first-order valence-electron chi connectivity index (χ1n) is 9.34. The van der Waals surface area contributed by atoms with Gasteiger partial charge in [0.1, 0.15) is 29.7 Å². The normalized spacial score (nSPS) is 10.9. The van der Waals surface area contributed by atoms with Crippen LogP contribution in [0.5, 0.6) is 11.5 Å². The topological polar surface area (TPSA) is 125 Å². The van der Waals surface area contributed by atoms with E-state index in [0.29, 0.717) is 31.5 Å². The zero-order valence-corrected chi connectivity index (χ0v) is 20.0. The molecule has 1 amide bonds. The van der Waals surface area contributed by atoms with Crippen LogP contribution < -0.4 is 10.1 Å². The average Bonchev–Trinajstić information content (AvgIpc) is 2.78. The van der Waals surface area contributed by atoms with Crippen molar-refractivity contribution in [2.45, 2.75) is 6.61 Å². The number of rotatable bonds is 7. The van der Waals surface area contributed by atoms with Crippen molar-refractivity contribution in [1.29, 1.82) is 5.26 Å². The Kier molecular flexibility index (Phi) is 7.82. The molecule has 0 aromatic heterocycles. The highest BCUT2D eigenvalue weighted by Crippen LogP contribution is 2.36. The van der Waals surface area contributed by atoms with Crippen LogP contribution in [0.2, 0.25) is 0 Å². The highest BCUT2D eigenvalue weighted by Gasteiger charge is 2.14. The molecule has 3 aromatic rings. The number of anilines is 1. The van der Waals surface area contributed by atoms with Crippen molar-refractivity contribution >= 4 is 55.2 Å². The SMILES string of the molecule is N#C/C(=C\c1cc(Br)c(OCc2cccc([N+](=O)[O-])c2)c(Br)c1)C(=O)Nc1ccc(O)cc1. The van der Waals surface area contributed by atoms with E-state index in [1.54, 1.807) is 24.3 Å². The molecule has 3 aromatic carbocycles. The molecule has 0 aliphatic rings. The van der Waals surface area contributed by atoms with Crippen molar-refractivity contribution in [2.75, 3.05) is 5.32 Å². The Morgan fingerprint density at radius 3 is 2.42 bits per heavy atom. The van der Waals surface area contributed by atoms with Crippen LogP contribution in [-0.2, 0) is 11.4 Å². The van der Waals surface area contributed by atoms with Gasteiger partial charge in [-0.25, -0.2) is 0 Å². The van der Waals surface area contributed by atoms with Gasteiger partial charge in [0.15, 0.2) is 0 Å². The van der Waals surface area contributed by atoms with Crippen LogP contribution in [0.15, 0.2) is 75.2 Å². The summed E-state index contributed by atoms with van der Waals surface area (Å²) in [6.45, 7) is 0.104. The lowest BCUT2D eigenvalue weighted by molar-refractivity contribution is -0.384. The van der Waals surface area contributed by atoms with Crippen molar-refractivity contribution in [3.8, 4) is 17.6 Å². The number of phenols is 1. The van der Waals surface area contributed by atoms with Gasteiger partial charge in [0, 0.05) is 17.8 Å². The van der Waals surface area contributed by atoms with Crippen molar-refractivity contribution < 1.29 is 19.6 Å². The number of nitrogens with one attached hydrogen (secondary N) is 1. The average molecular weight is 573 g/mol. The lowest BCUT2D eigenvalue weighted by Gasteiger charge is -2.12. The summed E-state index contributed by atoms with van der Waals surface area (Å²) in [6, 6.07) is 17.3. The molecule has 0 saturated carbocycles. The van der Waals surface area contributed by atoms with E-state index >= 15 is 0 Å². The summed E-state index contributed by atoms with van der Waals surface area (Å²) in [6.07, 6.45) is 1.43. The molecule has 33 heavy (non-hydrogen) atoms. The summed E-state index contributed by atoms with van der Waals surface area (Å²) < 4.78 is 6.93. The maximum Gasteiger partial charge on any atom is 0.269 e. The minimum atomic E-state index is -0.596. The monoisotopic (exact) mass is 571 g/mol. The van der Waals surface area contributed by atoms with Gasteiger partial charge >= 0.3 is 0 Å². The molecule has 3 rings (SSSR count). The van der Waals surface area contributed by atoms with Gasteiger partial charge in [-0.15, -0.1) is 0 Å². The largest absolute Gasteiger partial charge is 0.508 e. The highest BCUT2D eigenvalue weighted by atomic mass is 79.9. The van der Waals surface area contributed by atoms with E-state index in [9.17, 15) is 25.3 Å². The van der Waals surface area contributed by atoms with Gasteiger partial charge in [-0.3, -0.25) is 14.9 Å². The molecule has 0 aliphatic carbocycles. The number of benzene rings is 3. The number of nitriles is 1. The maximum atomic E-state index is 12.4. The van der Waals surface area contributed by atoms with Crippen LogP contribution in [0.25, 0.3) is 6.08 Å². The molecule has 0 fully saturated rings. The molecule has 166 valence electrons. The van der Waals surface area contributed by atoms with Gasteiger partial charge in [0.2, 0.25) is 0 Å². The second-order valence-electron chi connectivity index (χ2n) is 6.70. The number of nitro groups is 1. The predicted molar refractivity (Wildman–Crippen MR) is 130 cm³/mol. The molecule has 0 radical (unpaired) electrons. The molecule has 0 aliphatic heterocycles. The standard InChI is InChI=1S/C23H15Br2N3O5/c24-20-10-15(8-16(12-26)23(30)27-17-4-6-19(29)7-5-17)11-21(25)22(20)33-13-14-2-1-3-18(9-14)28(31)32/h1-11,29H,13H2,(H,27,30)/b16-8+. The molecule has 10 heteroatoms. The second-order valence-corrected chi connectivity index (χ2v) is 8.41. The van der Waals surface area contributed by atoms with Crippen molar-refractivity contribution in [2.24, 2.45) is 0 Å². The summed E-state index contributed by atoms with van der Waals surface area (Å²) >= 11 is 6.84. The quantitative estimate of drug-likeness (QED) is 0.118. The zero-order chi connectivity index (χ0) is 24.0. The van der Waals surface area contributed by atoms with Crippen molar-refractivity contribution in [1.82, 2.24) is 0 Å². The summed E-state index contributed by atoms with van der Waals surface area (Å²) in [5.74, 6) is -0.0707. The Balaban J connectivity index is 1.76. The zero-order valence-electron chi connectivity index (χ0n) is 16.8. The molecule has 0 heterocycles. The second kappa shape index (κ2) is 10.8. The number of hydrogen-bond donors (Lipinski definition) is 2. The van der Waals surface area contributed by atoms with Gasteiger partial charge in [0.25, 0.3) is 11.6 Å². The van der Waals surface area contributed by atoms with Crippen LogP contribution in [-0.4, -0.2) is 15.9 Å². The number of carbonyl (C=O) groups excluding carboxylic acids is 1. The molecular formula is C23H15Br2N3O5. The first kappa shape index (κ1) is 24.0. The summed E-state index contributed by atoms with van der Waals surface area (Å²) in [4.78, 5) is 22.9. The Bertz CT molecular complexity index is 1260. The third kappa shape index (κ3) is 6.41. The third-order valence-electron chi connectivity index (χ3n) is 4.33. The van der Waals surface area contributed by atoms with Gasteiger partial charge < -0.3 is 15.2 Å². The van der Waals surface area contributed by atoms with E-state index in [1.165, 1.54) is 42.5 Å². The molecule has 2 N–H and O–H groups in total. The third-order valence-corrected chi connectivity index (χ3v) is 5.50. The molecule has 0 unspecified atom stereocenters. The van der Waals surface area contributed by atoms with Crippen molar-refractivity contribution in [3.05, 3.63) is 96.4 Å². The van der Waals surface area contributed by atoms with E-state index in [4.69, 9.17) is 4.74 Å². The number of carbonyl (C=O) groups is 1. The summed E-state index contributed by atoms with van der Waals surface area (Å²) in [7, 11) is 0. The van der Waals surface area contributed by atoms with Crippen LogP contribution in [0.1, 0.15) is 11.1 Å². The fraction of sp³-hybridized carbons (Fsp3) is 0.0435. The fourth-order valence-corrected chi connectivity index (χ4v) is 4.23. The number of nitro benzene ring substituents is 1. The van der Waals surface area contributed by atoms with Gasteiger partial charge in [0.05, 0.1) is 13.9 Å². The number of amides is 1. The van der Waals surface area contributed by atoms with Crippen LogP contribution in [0.3, 0.4) is 0 Å².